The minimum absolute atomic E-state index is 0.146. The molecule has 1 N–H and O–H groups in total. The maximum atomic E-state index is 10.2. The molecule has 0 rings (SSSR count). The van der Waals surface area contributed by atoms with Crippen LogP contribution in [0.2, 0.25) is 0 Å². The number of hydrogen-bond donors (Lipinski definition) is 1. The van der Waals surface area contributed by atoms with Crippen molar-refractivity contribution in [2.75, 3.05) is 6.26 Å². The summed E-state index contributed by atoms with van der Waals surface area (Å²) < 4.78 is 22.1. The van der Waals surface area contributed by atoms with Crippen molar-refractivity contribution < 1.29 is 8.42 Å². The third-order valence-electron chi connectivity index (χ3n) is 0.269. The Labute approximate surface area is 58.9 Å². The molecule has 0 aromatic heterocycles. The zero-order chi connectivity index (χ0) is 6.78. The minimum Gasteiger partial charge on any atom is -0.410 e. The molecular weight excluding hydrogens is 166 g/mol. The van der Waals surface area contributed by atoms with Gasteiger partial charge in [-0.15, -0.1) is 0 Å². The first kappa shape index (κ1) is 8.06. The van der Waals surface area contributed by atoms with Gasteiger partial charge in [-0.1, -0.05) is 4.32 Å². The molecule has 3 nitrogen and oxygen atoms in total. The molecule has 0 aliphatic carbocycles. The summed E-state index contributed by atoms with van der Waals surface area (Å²) in [6.45, 7) is 0. The van der Waals surface area contributed by atoms with Crippen molar-refractivity contribution in [3.05, 3.63) is 0 Å². The van der Waals surface area contributed by atoms with E-state index in [1.165, 1.54) is 0 Å². The topological polar surface area (TPSA) is 46.2 Å². The maximum absolute atomic E-state index is 10.2. The Morgan fingerprint density at radius 3 is 2.12 bits per heavy atom. The fourth-order valence-electron chi connectivity index (χ4n) is 0.151. The molecule has 0 aromatic rings. The van der Waals surface area contributed by atoms with Gasteiger partial charge in [0, 0.05) is 0 Å². The molecule has 8 heavy (non-hydrogen) atoms. The molecule has 0 radical (unpaired) electrons. The van der Waals surface area contributed by atoms with Crippen molar-refractivity contribution in [3.63, 3.8) is 0 Å². The lowest BCUT2D eigenvalue weighted by atomic mass is 11.5. The standard InChI is InChI=1S/C2H5NO2S3/c1-8(4,5)3-2(6)7/h1H3,(H2,3,6,7)/p-1. The van der Waals surface area contributed by atoms with Crippen LogP contribution in [0.15, 0.2) is 0 Å². The number of nitrogens with one attached hydrogen (secondary N) is 1. The van der Waals surface area contributed by atoms with Gasteiger partial charge in [-0.2, -0.15) is 0 Å². The third-order valence-corrected chi connectivity index (χ3v) is 1.31. The zero-order valence-corrected chi connectivity index (χ0v) is 6.49. The van der Waals surface area contributed by atoms with E-state index < -0.39 is 10.0 Å². The van der Waals surface area contributed by atoms with Crippen LogP contribution in [0.25, 0.3) is 0 Å². The second-order valence-corrected chi connectivity index (χ2v) is 3.99. The first-order valence-corrected chi connectivity index (χ1v) is 4.31. The van der Waals surface area contributed by atoms with Gasteiger partial charge in [-0.25, -0.2) is 8.42 Å². The maximum Gasteiger partial charge on any atom is 0.228 e. The monoisotopic (exact) mass is 170 g/mol. The summed E-state index contributed by atoms with van der Waals surface area (Å²) in [6, 6.07) is 0. The van der Waals surface area contributed by atoms with Crippen LogP contribution in [-0.4, -0.2) is 19.0 Å². The summed E-state index contributed by atoms with van der Waals surface area (Å²) in [5.74, 6) is 0. The molecule has 0 aliphatic heterocycles. The van der Waals surface area contributed by atoms with Gasteiger partial charge in [0.15, 0.2) is 0 Å². The van der Waals surface area contributed by atoms with Gasteiger partial charge in [0.25, 0.3) is 0 Å². The summed E-state index contributed by atoms with van der Waals surface area (Å²) in [6.07, 6.45) is 0.992. The van der Waals surface area contributed by atoms with Crippen LogP contribution in [-0.2, 0) is 22.7 Å². The molecule has 48 valence electrons. The van der Waals surface area contributed by atoms with Gasteiger partial charge in [0.05, 0.1) is 6.26 Å². The summed E-state index contributed by atoms with van der Waals surface area (Å²) in [7, 11) is -3.22. The van der Waals surface area contributed by atoms with Crippen molar-refractivity contribution in [1.29, 1.82) is 0 Å². The number of rotatable bonds is 1. The van der Waals surface area contributed by atoms with E-state index in [0.29, 0.717) is 0 Å². The van der Waals surface area contributed by atoms with Crippen LogP contribution in [0.4, 0.5) is 0 Å². The predicted molar refractivity (Wildman–Crippen MR) is 37.9 cm³/mol. The molecule has 0 aliphatic rings. The van der Waals surface area contributed by atoms with E-state index >= 15 is 0 Å². The fraction of sp³-hybridized carbons (Fsp3) is 0.500. The molecule has 0 saturated heterocycles. The van der Waals surface area contributed by atoms with Crippen LogP contribution >= 0.6 is 12.2 Å². The lowest BCUT2D eigenvalue weighted by molar-refractivity contribution is 0.599. The molecule has 0 aromatic carbocycles. The third kappa shape index (κ3) is 6.06. The first-order valence-electron chi connectivity index (χ1n) is 1.60. The van der Waals surface area contributed by atoms with E-state index in [4.69, 9.17) is 0 Å². The fourth-order valence-corrected chi connectivity index (χ4v) is 1.36. The summed E-state index contributed by atoms with van der Waals surface area (Å²) in [4.78, 5) is 0. The van der Waals surface area contributed by atoms with E-state index in [2.05, 4.69) is 24.8 Å². The molecule has 0 amide bonds. The number of thiocarbonyl (C=S) groups is 1. The van der Waals surface area contributed by atoms with E-state index in [1.807, 2.05) is 4.72 Å². The normalized spacial score (nSPS) is 10.6. The van der Waals surface area contributed by atoms with Crippen molar-refractivity contribution in [3.8, 4) is 0 Å². The lowest BCUT2D eigenvalue weighted by Gasteiger charge is -2.04. The Morgan fingerprint density at radius 2 is 2.12 bits per heavy atom. The smallest absolute Gasteiger partial charge is 0.228 e. The highest BCUT2D eigenvalue weighted by molar-refractivity contribution is 8.03. The van der Waals surface area contributed by atoms with Crippen molar-refractivity contribution in [1.82, 2.24) is 4.72 Å². The van der Waals surface area contributed by atoms with Gasteiger partial charge in [0.1, 0.15) is 0 Å². The molecule has 0 unspecified atom stereocenters. The zero-order valence-electron chi connectivity index (χ0n) is 4.04. The molecule has 0 saturated carbocycles. The molecule has 0 spiro atoms. The van der Waals surface area contributed by atoms with E-state index in [-0.39, 0.29) is 4.32 Å². The summed E-state index contributed by atoms with van der Waals surface area (Å²) in [5, 5.41) is 0. The molecule has 6 heteroatoms. The molecule has 0 atom stereocenters. The van der Waals surface area contributed by atoms with Crippen LogP contribution in [0.5, 0.6) is 0 Å². The van der Waals surface area contributed by atoms with Crippen molar-refractivity contribution in [2.24, 2.45) is 0 Å². The molecule has 0 fully saturated rings. The Kier molecular flexibility index (Phi) is 2.58. The van der Waals surface area contributed by atoms with E-state index in [9.17, 15) is 8.42 Å². The predicted octanol–water partition coefficient (Wildman–Crippen LogP) is -0.633. The largest absolute Gasteiger partial charge is 0.410 e. The van der Waals surface area contributed by atoms with Gasteiger partial charge in [0.2, 0.25) is 10.0 Å². The second-order valence-electron chi connectivity index (χ2n) is 1.16. The van der Waals surface area contributed by atoms with Gasteiger partial charge in [-0.05, 0) is 0 Å². The van der Waals surface area contributed by atoms with Gasteiger partial charge in [-0.3, -0.25) is 0 Å². The summed E-state index contributed by atoms with van der Waals surface area (Å²) in [5.41, 5.74) is 0. The van der Waals surface area contributed by atoms with Crippen LogP contribution < -0.4 is 4.72 Å². The van der Waals surface area contributed by atoms with E-state index in [0.717, 1.165) is 6.26 Å². The lowest BCUT2D eigenvalue weighted by Crippen LogP contribution is -2.25. The Bertz CT molecular complexity index is 181. The SMILES string of the molecule is CS(=O)(=O)NC(=S)[S-]. The Morgan fingerprint density at radius 1 is 1.75 bits per heavy atom. The molecule has 0 bridgehead atoms. The Hall–Kier alpha value is 0.0600. The summed E-state index contributed by atoms with van der Waals surface area (Å²) >= 11 is 8.54. The minimum atomic E-state index is -3.22. The van der Waals surface area contributed by atoms with Crippen LogP contribution in [0.1, 0.15) is 0 Å². The highest BCUT2D eigenvalue weighted by Gasteiger charge is 1.92. The molecular formula is C2H4NO2S3-. The van der Waals surface area contributed by atoms with Crippen molar-refractivity contribution in [2.45, 2.75) is 0 Å². The average Bonchev–Trinajstić information content (AvgIpc) is 1.21. The highest BCUT2D eigenvalue weighted by atomic mass is 32.2. The van der Waals surface area contributed by atoms with Gasteiger partial charge < -0.3 is 29.6 Å². The van der Waals surface area contributed by atoms with Crippen LogP contribution in [0.3, 0.4) is 0 Å². The van der Waals surface area contributed by atoms with E-state index in [1.54, 1.807) is 0 Å². The molecule has 0 heterocycles. The highest BCUT2D eigenvalue weighted by Crippen LogP contribution is 1.73. The quantitative estimate of drug-likeness (QED) is 0.420. The second kappa shape index (κ2) is 2.56. The average molecular weight is 170 g/mol. The van der Waals surface area contributed by atoms with Crippen LogP contribution in [0, 0.1) is 0 Å². The first-order chi connectivity index (χ1) is 3.42. The number of hydrogen-bond acceptors (Lipinski definition) is 4. The Balaban J connectivity index is 3.95. The number of sulfonamides is 1. The van der Waals surface area contributed by atoms with Crippen molar-refractivity contribution >= 4 is 39.2 Å². The van der Waals surface area contributed by atoms with Gasteiger partial charge >= 0.3 is 0 Å².